The Bertz CT molecular complexity index is 792. The van der Waals surface area contributed by atoms with Crippen molar-refractivity contribution in [1.82, 2.24) is 9.55 Å². The molecule has 2 heterocycles. The van der Waals surface area contributed by atoms with Gasteiger partial charge in [0.1, 0.15) is 0 Å². The lowest BCUT2D eigenvalue weighted by molar-refractivity contribution is 0.495. The number of hydrogen-bond acceptors (Lipinski definition) is 3. The summed E-state index contributed by atoms with van der Waals surface area (Å²) in [5.74, 6) is 0.672. The van der Waals surface area contributed by atoms with Gasteiger partial charge < -0.3 is 9.55 Å². The standard InChI is InChI=1S/C12H13ClN2O2S2/c13-9-1-2-10-11(5-9)15(12(18)14-10)6-8-3-4-19(16,17)7-8/h1-2,5,8H,3-4,6-7H2,(H,14,18). The lowest BCUT2D eigenvalue weighted by atomic mass is 10.1. The molecule has 1 saturated heterocycles. The van der Waals surface area contributed by atoms with Crippen LogP contribution in [0.5, 0.6) is 0 Å². The van der Waals surface area contributed by atoms with E-state index in [-0.39, 0.29) is 17.4 Å². The lowest BCUT2D eigenvalue weighted by Crippen LogP contribution is -2.12. The van der Waals surface area contributed by atoms with Gasteiger partial charge in [0.15, 0.2) is 14.6 Å². The number of nitrogens with zero attached hydrogens (tertiary/aromatic N) is 1. The average molecular weight is 317 g/mol. The zero-order valence-corrected chi connectivity index (χ0v) is 12.5. The third-order valence-corrected chi connectivity index (χ3v) is 5.90. The molecule has 3 rings (SSSR count). The lowest BCUT2D eigenvalue weighted by Gasteiger charge is -2.09. The number of nitrogens with one attached hydrogen (secondary N) is 1. The third-order valence-electron chi connectivity index (χ3n) is 3.50. The van der Waals surface area contributed by atoms with E-state index in [4.69, 9.17) is 23.8 Å². The maximum Gasteiger partial charge on any atom is 0.178 e. The van der Waals surface area contributed by atoms with Gasteiger partial charge in [0.2, 0.25) is 0 Å². The van der Waals surface area contributed by atoms with Crippen LogP contribution in [-0.2, 0) is 16.4 Å². The van der Waals surface area contributed by atoms with Gasteiger partial charge in [0, 0.05) is 11.6 Å². The molecule has 4 nitrogen and oxygen atoms in total. The van der Waals surface area contributed by atoms with Crippen molar-refractivity contribution < 1.29 is 8.42 Å². The van der Waals surface area contributed by atoms with Crippen LogP contribution in [0.25, 0.3) is 11.0 Å². The van der Waals surface area contributed by atoms with Crippen LogP contribution in [0.1, 0.15) is 6.42 Å². The molecule has 1 unspecified atom stereocenters. The highest BCUT2D eigenvalue weighted by atomic mass is 35.5. The van der Waals surface area contributed by atoms with Gasteiger partial charge in [-0.3, -0.25) is 0 Å². The first kappa shape index (κ1) is 13.1. The number of aromatic amines is 1. The number of benzene rings is 1. The molecule has 0 radical (unpaired) electrons. The molecular weight excluding hydrogens is 304 g/mol. The van der Waals surface area contributed by atoms with Gasteiger partial charge in [0.05, 0.1) is 22.5 Å². The molecule has 1 aromatic carbocycles. The highest BCUT2D eigenvalue weighted by Gasteiger charge is 2.28. The molecule has 0 bridgehead atoms. The van der Waals surface area contributed by atoms with Crippen molar-refractivity contribution in [1.29, 1.82) is 0 Å². The predicted octanol–water partition coefficient (Wildman–Crippen LogP) is 2.79. The molecule has 0 amide bonds. The topological polar surface area (TPSA) is 54.9 Å². The van der Waals surface area contributed by atoms with E-state index >= 15 is 0 Å². The van der Waals surface area contributed by atoms with Crippen LogP contribution in [-0.4, -0.2) is 29.5 Å². The number of fused-ring (bicyclic) bond motifs is 1. The Hall–Kier alpha value is -0.850. The van der Waals surface area contributed by atoms with Gasteiger partial charge >= 0.3 is 0 Å². The number of sulfone groups is 1. The first-order valence-corrected chi connectivity index (χ1v) is 8.64. The smallest absolute Gasteiger partial charge is 0.178 e. The maximum atomic E-state index is 11.5. The van der Waals surface area contributed by atoms with Crippen LogP contribution in [0.3, 0.4) is 0 Å². The van der Waals surface area contributed by atoms with Crippen molar-refractivity contribution in [2.24, 2.45) is 5.92 Å². The van der Waals surface area contributed by atoms with Gasteiger partial charge in [0.25, 0.3) is 0 Å². The zero-order valence-electron chi connectivity index (χ0n) is 10.1. The number of hydrogen-bond donors (Lipinski definition) is 1. The molecule has 0 saturated carbocycles. The van der Waals surface area contributed by atoms with Gasteiger partial charge in [-0.25, -0.2) is 8.42 Å². The molecule has 1 aromatic heterocycles. The number of H-pyrrole nitrogens is 1. The minimum Gasteiger partial charge on any atom is -0.331 e. The molecule has 1 atom stereocenters. The van der Waals surface area contributed by atoms with Crippen molar-refractivity contribution in [3.8, 4) is 0 Å². The van der Waals surface area contributed by atoms with Crippen LogP contribution in [0.4, 0.5) is 0 Å². The fourth-order valence-corrected chi connectivity index (χ4v) is 4.88. The molecular formula is C12H13ClN2O2S2. The third kappa shape index (κ3) is 2.57. The monoisotopic (exact) mass is 316 g/mol. The SMILES string of the molecule is O=S1(=O)CCC(Cn2c(=S)[nH]c3ccc(Cl)cc32)C1. The van der Waals surface area contributed by atoms with Gasteiger partial charge in [-0.15, -0.1) is 0 Å². The van der Waals surface area contributed by atoms with E-state index in [1.165, 1.54) is 0 Å². The largest absolute Gasteiger partial charge is 0.331 e. The molecule has 102 valence electrons. The van der Waals surface area contributed by atoms with Crippen molar-refractivity contribution in [2.75, 3.05) is 11.5 Å². The summed E-state index contributed by atoms with van der Waals surface area (Å²) in [6, 6.07) is 5.54. The second-order valence-corrected chi connectivity index (χ2v) is 8.02. The summed E-state index contributed by atoms with van der Waals surface area (Å²) in [5, 5.41) is 0.647. The van der Waals surface area contributed by atoms with Crippen LogP contribution in [0.15, 0.2) is 18.2 Å². The van der Waals surface area contributed by atoms with Crippen LogP contribution in [0, 0.1) is 10.7 Å². The van der Waals surface area contributed by atoms with E-state index in [0.29, 0.717) is 22.8 Å². The molecule has 1 aliphatic rings. The summed E-state index contributed by atoms with van der Waals surface area (Å²) < 4.78 is 25.6. The molecule has 1 aliphatic heterocycles. The summed E-state index contributed by atoms with van der Waals surface area (Å²) in [6.07, 6.45) is 0.706. The Morgan fingerprint density at radius 1 is 1.47 bits per heavy atom. The van der Waals surface area contributed by atoms with Gasteiger partial charge in [-0.1, -0.05) is 11.6 Å². The summed E-state index contributed by atoms with van der Waals surface area (Å²) in [4.78, 5) is 3.12. The predicted molar refractivity (Wildman–Crippen MR) is 78.9 cm³/mol. The summed E-state index contributed by atoms with van der Waals surface area (Å²) >= 11 is 11.3. The highest BCUT2D eigenvalue weighted by Crippen LogP contribution is 2.24. The second-order valence-electron chi connectivity index (χ2n) is 4.97. The number of rotatable bonds is 2. The van der Waals surface area contributed by atoms with E-state index < -0.39 is 9.84 Å². The van der Waals surface area contributed by atoms with Crippen molar-refractivity contribution >= 4 is 44.7 Å². The van der Waals surface area contributed by atoms with Gasteiger partial charge in [-0.05, 0) is 42.8 Å². The highest BCUT2D eigenvalue weighted by molar-refractivity contribution is 7.91. The Morgan fingerprint density at radius 3 is 2.95 bits per heavy atom. The molecule has 19 heavy (non-hydrogen) atoms. The fourth-order valence-electron chi connectivity index (χ4n) is 2.58. The van der Waals surface area contributed by atoms with E-state index in [1.54, 1.807) is 6.07 Å². The molecule has 7 heteroatoms. The zero-order chi connectivity index (χ0) is 13.6. The first-order valence-electron chi connectivity index (χ1n) is 6.03. The molecule has 1 fully saturated rings. The summed E-state index contributed by atoms with van der Waals surface area (Å²) in [7, 11) is -2.86. The molecule has 1 N–H and O–H groups in total. The quantitative estimate of drug-likeness (QED) is 0.867. The Morgan fingerprint density at radius 2 is 2.26 bits per heavy atom. The number of halogens is 1. The fraction of sp³-hybridized carbons (Fsp3) is 0.417. The van der Waals surface area contributed by atoms with E-state index in [1.807, 2.05) is 16.7 Å². The number of aromatic nitrogens is 2. The first-order chi connectivity index (χ1) is 8.94. The van der Waals surface area contributed by atoms with E-state index in [0.717, 1.165) is 11.0 Å². The normalized spacial score (nSPS) is 22.1. The maximum absolute atomic E-state index is 11.5. The Labute approximate surface area is 121 Å². The number of imidazole rings is 1. The van der Waals surface area contributed by atoms with Crippen molar-refractivity contribution in [3.05, 3.63) is 28.0 Å². The Kier molecular flexibility index (Phi) is 3.19. The average Bonchev–Trinajstić information content (AvgIpc) is 2.81. The Balaban J connectivity index is 1.99. The van der Waals surface area contributed by atoms with E-state index in [2.05, 4.69) is 4.98 Å². The van der Waals surface area contributed by atoms with Crippen molar-refractivity contribution in [2.45, 2.75) is 13.0 Å². The molecule has 0 aliphatic carbocycles. The summed E-state index contributed by atoms with van der Waals surface area (Å²) in [5.41, 5.74) is 1.86. The minimum absolute atomic E-state index is 0.134. The minimum atomic E-state index is -2.86. The van der Waals surface area contributed by atoms with Gasteiger partial charge in [-0.2, -0.15) is 0 Å². The van der Waals surface area contributed by atoms with Crippen LogP contribution >= 0.6 is 23.8 Å². The van der Waals surface area contributed by atoms with Crippen LogP contribution in [0.2, 0.25) is 5.02 Å². The molecule has 0 spiro atoms. The van der Waals surface area contributed by atoms with Crippen molar-refractivity contribution in [3.63, 3.8) is 0 Å². The molecule has 2 aromatic rings. The van der Waals surface area contributed by atoms with E-state index in [9.17, 15) is 8.42 Å². The summed E-state index contributed by atoms with van der Waals surface area (Å²) in [6.45, 7) is 0.623. The second kappa shape index (κ2) is 4.61. The van der Waals surface area contributed by atoms with Crippen LogP contribution < -0.4 is 0 Å².